The van der Waals surface area contributed by atoms with Crippen molar-refractivity contribution in [2.45, 2.75) is 135 Å². The van der Waals surface area contributed by atoms with Gasteiger partial charge in [-0.05, 0) is 81.4 Å². The van der Waals surface area contributed by atoms with Gasteiger partial charge >= 0.3 is 6.03 Å². The van der Waals surface area contributed by atoms with Crippen LogP contribution in [0.5, 0.6) is 5.75 Å². The second-order valence-corrected chi connectivity index (χ2v) is 16.5. The van der Waals surface area contributed by atoms with E-state index in [-0.39, 0.29) is 41.9 Å². The molecule has 4 rings (SSSR count). The van der Waals surface area contributed by atoms with E-state index in [1.165, 1.54) is 17.0 Å². The van der Waals surface area contributed by atoms with E-state index in [2.05, 4.69) is 26.6 Å². The maximum absolute atomic E-state index is 14.4. The van der Waals surface area contributed by atoms with Crippen molar-refractivity contribution >= 4 is 35.6 Å². The first-order chi connectivity index (χ1) is 27.3. The summed E-state index contributed by atoms with van der Waals surface area (Å²) in [6.45, 7) is 9.41. The highest BCUT2D eigenvalue weighted by Gasteiger charge is 2.38. The van der Waals surface area contributed by atoms with Gasteiger partial charge in [-0.15, -0.1) is 0 Å². The number of nitrogens with one attached hydrogen (secondary N) is 5. The Bertz CT molecular complexity index is 1490. The fraction of sp³-hybridized carbons (Fsp3) is 0.714. The van der Waals surface area contributed by atoms with Crippen LogP contribution in [0.4, 0.5) is 4.79 Å². The lowest BCUT2D eigenvalue weighted by molar-refractivity contribution is -0.142. The van der Waals surface area contributed by atoms with E-state index in [1.54, 1.807) is 31.0 Å². The zero-order valence-corrected chi connectivity index (χ0v) is 34.6. The average molecular weight is 798 g/mol. The van der Waals surface area contributed by atoms with E-state index >= 15 is 0 Å². The van der Waals surface area contributed by atoms with Crippen LogP contribution in [-0.2, 0) is 35.1 Å². The molecule has 0 bridgehead atoms. The predicted octanol–water partition coefficient (Wildman–Crippen LogP) is 2.99. The number of urea groups is 1. The highest BCUT2D eigenvalue weighted by Crippen LogP contribution is 2.29. The molecule has 6 N–H and O–H groups in total. The lowest BCUT2D eigenvalue weighted by atomic mass is 9.83. The number of phenolic OH excluding ortho intramolecular Hbond substituents is 1. The molecule has 0 spiro atoms. The van der Waals surface area contributed by atoms with Crippen molar-refractivity contribution in [3.05, 3.63) is 29.8 Å². The van der Waals surface area contributed by atoms with Gasteiger partial charge in [-0.3, -0.25) is 24.0 Å². The summed E-state index contributed by atoms with van der Waals surface area (Å²) in [7, 11) is 1.56. The van der Waals surface area contributed by atoms with Gasteiger partial charge in [0.2, 0.25) is 29.5 Å². The van der Waals surface area contributed by atoms with Gasteiger partial charge in [0.05, 0.1) is 13.2 Å². The molecule has 1 aromatic carbocycles. The number of ether oxygens (including phenoxy) is 1. The maximum atomic E-state index is 14.4. The number of carbonyl (C=O) groups is 6. The quantitative estimate of drug-likeness (QED) is 0.138. The summed E-state index contributed by atoms with van der Waals surface area (Å²) < 4.78 is 5.41. The molecule has 0 radical (unpaired) electrons. The summed E-state index contributed by atoms with van der Waals surface area (Å²) >= 11 is 0. The van der Waals surface area contributed by atoms with Gasteiger partial charge in [-0.1, -0.05) is 64.5 Å². The largest absolute Gasteiger partial charge is 0.508 e. The normalized spacial score (nSPS) is 19.3. The van der Waals surface area contributed by atoms with Gasteiger partial charge in [-0.25, -0.2) is 4.79 Å². The first-order valence-corrected chi connectivity index (χ1v) is 21.2. The van der Waals surface area contributed by atoms with Gasteiger partial charge in [-0.2, -0.15) is 0 Å². The summed E-state index contributed by atoms with van der Waals surface area (Å²) in [6, 6.07) is 1.28. The van der Waals surface area contributed by atoms with Crippen molar-refractivity contribution in [3.8, 4) is 5.75 Å². The van der Waals surface area contributed by atoms with Crippen LogP contribution in [0.3, 0.4) is 0 Å². The number of morpholine rings is 1. The van der Waals surface area contributed by atoms with Crippen molar-refractivity contribution in [3.63, 3.8) is 0 Å². The predicted molar refractivity (Wildman–Crippen MR) is 216 cm³/mol. The van der Waals surface area contributed by atoms with E-state index < -0.39 is 53.8 Å². The second kappa shape index (κ2) is 22.5. The number of phenols is 1. The summed E-state index contributed by atoms with van der Waals surface area (Å²) in [5.41, 5.74) is 0.670. The molecule has 7 amide bonds. The van der Waals surface area contributed by atoms with E-state index in [4.69, 9.17) is 4.74 Å². The number of rotatable bonds is 17. The lowest BCUT2D eigenvalue weighted by Gasteiger charge is -2.35. The van der Waals surface area contributed by atoms with E-state index in [9.17, 15) is 33.9 Å². The smallest absolute Gasteiger partial charge is 0.318 e. The standard InChI is InChI=1S/C42H67N7O8/c1-6-43-38(52)34(25-27(2)3)48(5)41(55)28(4)44-39(53)35(30-13-9-7-10-14-30)46-37(51)33(26-29-17-19-32(50)20-18-29)45-40(54)36(31-15-11-8-12-16-31)47-42(56)49-21-23-57-24-22-49/h17-20,27-28,30-31,33-36,50H,6-16,21-26H2,1-5H3,(H,43,52)(H,44,53)(H,45,54)(H,46,51)(H,47,56)/t28-,33-,34-,35-,36-/m1/s1. The third-order valence-corrected chi connectivity index (χ3v) is 11.6. The third-order valence-electron chi connectivity index (χ3n) is 11.6. The molecular weight excluding hydrogens is 731 g/mol. The Kier molecular flexibility index (Phi) is 17.9. The van der Waals surface area contributed by atoms with Gasteiger partial charge < -0.3 is 46.2 Å². The molecule has 3 aliphatic rings. The highest BCUT2D eigenvalue weighted by molar-refractivity contribution is 5.96. The van der Waals surface area contributed by atoms with Crippen molar-refractivity contribution in [2.24, 2.45) is 17.8 Å². The molecule has 1 aliphatic heterocycles. The average Bonchev–Trinajstić information content (AvgIpc) is 3.21. The third kappa shape index (κ3) is 13.6. The fourth-order valence-corrected chi connectivity index (χ4v) is 8.32. The molecule has 2 aliphatic carbocycles. The number of hydrogen-bond acceptors (Lipinski definition) is 8. The molecule has 3 fully saturated rings. The Labute approximate surface area is 338 Å². The first kappa shape index (κ1) is 45.3. The van der Waals surface area contributed by atoms with Crippen molar-refractivity contribution < 1.29 is 38.6 Å². The topological polar surface area (TPSA) is 199 Å². The zero-order chi connectivity index (χ0) is 41.5. The minimum absolute atomic E-state index is 0.0526. The lowest BCUT2D eigenvalue weighted by Crippen LogP contribution is -2.62. The second-order valence-electron chi connectivity index (χ2n) is 16.5. The van der Waals surface area contributed by atoms with E-state index in [1.807, 2.05) is 20.8 Å². The summed E-state index contributed by atoms with van der Waals surface area (Å²) in [5, 5.41) is 24.5. The van der Waals surface area contributed by atoms with E-state index in [0.29, 0.717) is 57.7 Å². The Morgan fingerprint density at radius 2 is 1.30 bits per heavy atom. The van der Waals surface area contributed by atoms with Gasteiger partial charge in [0, 0.05) is 33.1 Å². The number of nitrogens with zero attached hydrogens (tertiary/aromatic N) is 2. The van der Waals surface area contributed by atoms with Gasteiger partial charge in [0.15, 0.2) is 0 Å². The van der Waals surface area contributed by atoms with Crippen molar-refractivity contribution in [1.29, 1.82) is 0 Å². The Hall–Kier alpha value is -4.40. The minimum Gasteiger partial charge on any atom is -0.508 e. The van der Waals surface area contributed by atoms with Crippen LogP contribution in [0.15, 0.2) is 24.3 Å². The van der Waals surface area contributed by atoms with Crippen LogP contribution in [0.25, 0.3) is 0 Å². The molecule has 0 aromatic heterocycles. The molecule has 57 heavy (non-hydrogen) atoms. The maximum Gasteiger partial charge on any atom is 0.318 e. The van der Waals surface area contributed by atoms with Crippen LogP contribution in [0.2, 0.25) is 0 Å². The molecular formula is C42H67N7O8. The molecule has 1 aromatic rings. The van der Waals surface area contributed by atoms with Crippen LogP contribution >= 0.6 is 0 Å². The van der Waals surface area contributed by atoms with E-state index in [0.717, 1.165) is 51.4 Å². The number of carbonyl (C=O) groups excluding carboxylic acids is 6. The molecule has 2 saturated carbocycles. The molecule has 318 valence electrons. The van der Waals surface area contributed by atoms with Gasteiger partial charge in [0.1, 0.15) is 36.0 Å². The summed E-state index contributed by atoms with van der Waals surface area (Å²) in [5.74, 6) is -2.41. The molecule has 5 atom stereocenters. The molecule has 1 saturated heterocycles. The molecule has 15 heteroatoms. The molecule has 15 nitrogen and oxygen atoms in total. The van der Waals surface area contributed by atoms with Crippen molar-refractivity contribution in [1.82, 2.24) is 36.4 Å². The van der Waals surface area contributed by atoms with Crippen LogP contribution < -0.4 is 26.6 Å². The van der Waals surface area contributed by atoms with Crippen LogP contribution in [-0.4, -0.2) is 121 Å². The highest BCUT2D eigenvalue weighted by atomic mass is 16.5. The first-order valence-electron chi connectivity index (χ1n) is 21.2. The molecule has 0 unspecified atom stereocenters. The Morgan fingerprint density at radius 3 is 1.84 bits per heavy atom. The number of amides is 7. The molecule has 1 heterocycles. The zero-order valence-electron chi connectivity index (χ0n) is 34.6. The number of hydrogen-bond donors (Lipinski definition) is 6. The fourth-order valence-electron chi connectivity index (χ4n) is 8.32. The Balaban J connectivity index is 1.56. The minimum atomic E-state index is -1.13. The Morgan fingerprint density at radius 1 is 0.754 bits per heavy atom. The summed E-state index contributed by atoms with van der Waals surface area (Å²) in [4.78, 5) is 86.0. The number of benzene rings is 1. The SMILES string of the molecule is CCNC(=O)[C@@H](CC(C)C)N(C)C(=O)[C@@H](C)NC(=O)[C@H](NC(=O)[C@@H](Cc1ccc(O)cc1)NC(=O)[C@H](NC(=O)N1CCOCC1)C1CCCCC1)C1CCCCC1. The summed E-state index contributed by atoms with van der Waals surface area (Å²) in [6.07, 6.45) is 9.08. The van der Waals surface area contributed by atoms with Crippen LogP contribution in [0, 0.1) is 17.8 Å². The number of aromatic hydroxyl groups is 1. The van der Waals surface area contributed by atoms with Crippen molar-refractivity contribution in [2.75, 3.05) is 39.9 Å². The number of likely N-dealkylation sites (N-methyl/N-ethyl adjacent to an activating group) is 2. The van der Waals surface area contributed by atoms with Crippen LogP contribution in [0.1, 0.15) is 104 Å². The monoisotopic (exact) mass is 798 g/mol. The van der Waals surface area contributed by atoms with Gasteiger partial charge in [0.25, 0.3) is 0 Å².